The average Bonchev–Trinajstić information content (AvgIpc) is 2.98. The van der Waals surface area contributed by atoms with E-state index in [4.69, 9.17) is 0 Å². The molecule has 8 heteroatoms. The number of aromatic nitrogens is 2. The number of hydrogen-bond acceptors (Lipinski definition) is 3. The van der Waals surface area contributed by atoms with Crippen molar-refractivity contribution < 1.29 is 23.5 Å². The van der Waals surface area contributed by atoms with E-state index in [1.54, 1.807) is 30.3 Å². The number of nitrogens with one attached hydrogen (secondary N) is 1. The fourth-order valence-electron chi connectivity index (χ4n) is 2.61. The molecule has 1 amide bonds. The van der Waals surface area contributed by atoms with E-state index >= 15 is 0 Å². The topological polar surface area (TPSA) is 84.2 Å². The number of carbonyl (C=O) groups excluding carboxylic acids is 1. The van der Waals surface area contributed by atoms with Crippen LogP contribution in [0.15, 0.2) is 36.5 Å². The fourth-order valence-corrected chi connectivity index (χ4v) is 2.61. The highest BCUT2D eigenvalue weighted by Gasteiger charge is 2.26. The van der Waals surface area contributed by atoms with Gasteiger partial charge in [0.25, 0.3) is 12.3 Å². The number of halogens is 2. The third kappa shape index (κ3) is 4.65. The zero-order valence-electron chi connectivity index (χ0n) is 14.5. The van der Waals surface area contributed by atoms with Crippen LogP contribution in [0.1, 0.15) is 47.8 Å². The van der Waals surface area contributed by atoms with Gasteiger partial charge in [-0.05, 0) is 11.5 Å². The second-order valence-corrected chi connectivity index (χ2v) is 6.33. The molecule has 0 radical (unpaired) electrons. The van der Waals surface area contributed by atoms with E-state index in [2.05, 4.69) is 10.4 Å². The highest BCUT2D eigenvalue weighted by Crippen LogP contribution is 2.24. The molecule has 1 unspecified atom stereocenters. The number of carboxylic acids is 1. The van der Waals surface area contributed by atoms with Gasteiger partial charge in [-0.1, -0.05) is 44.2 Å². The van der Waals surface area contributed by atoms with E-state index in [-0.39, 0.29) is 24.6 Å². The van der Waals surface area contributed by atoms with Crippen LogP contribution in [-0.2, 0) is 11.3 Å². The zero-order valence-corrected chi connectivity index (χ0v) is 14.5. The van der Waals surface area contributed by atoms with E-state index in [0.29, 0.717) is 5.56 Å². The van der Waals surface area contributed by atoms with E-state index in [1.165, 1.54) is 0 Å². The molecule has 0 saturated heterocycles. The largest absolute Gasteiger partial charge is 0.481 e. The molecule has 140 valence electrons. The molecule has 0 spiro atoms. The lowest BCUT2D eigenvalue weighted by molar-refractivity contribution is -0.138. The first-order valence-electron chi connectivity index (χ1n) is 8.21. The van der Waals surface area contributed by atoms with Crippen LogP contribution in [0.4, 0.5) is 8.78 Å². The summed E-state index contributed by atoms with van der Waals surface area (Å²) in [5, 5.41) is 15.7. The quantitative estimate of drug-likeness (QED) is 0.753. The van der Waals surface area contributed by atoms with Gasteiger partial charge in [0, 0.05) is 13.1 Å². The van der Waals surface area contributed by atoms with Gasteiger partial charge >= 0.3 is 5.97 Å². The minimum Gasteiger partial charge on any atom is -0.481 e. The summed E-state index contributed by atoms with van der Waals surface area (Å²) in [4.78, 5) is 23.8. The lowest BCUT2D eigenvalue weighted by atomic mass is 9.99. The van der Waals surface area contributed by atoms with E-state index in [9.17, 15) is 23.5 Å². The van der Waals surface area contributed by atoms with E-state index < -0.39 is 29.9 Å². The highest BCUT2D eigenvalue weighted by molar-refractivity contribution is 5.95. The fraction of sp³-hybridized carbons (Fsp3) is 0.389. The Morgan fingerprint density at radius 3 is 2.42 bits per heavy atom. The number of aliphatic carboxylic acids is 1. The summed E-state index contributed by atoms with van der Waals surface area (Å²) in [5.41, 5.74) is -0.175. The molecule has 2 N–H and O–H groups in total. The Balaban J connectivity index is 2.16. The summed E-state index contributed by atoms with van der Waals surface area (Å²) < 4.78 is 27.9. The van der Waals surface area contributed by atoms with Gasteiger partial charge in [-0.3, -0.25) is 14.3 Å². The predicted octanol–water partition coefficient (Wildman–Crippen LogP) is 3.07. The van der Waals surface area contributed by atoms with Crippen LogP contribution in [0.25, 0.3) is 0 Å². The summed E-state index contributed by atoms with van der Waals surface area (Å²) in [7, 11) is 0. The molecule has 0 aliphatic rings. The number of amides is 1. The molecular weight excluding hydrogens is 344 g/mol. The minimum atomic E-state index is -2.86. The molecule has 1 heterocycles. The molecule has 26 heavy (non-hydrogen) atoms. The SMILES string of the molecule is CC(C)Cn1ncc(C(=O)NCC(C(=O)O)c2ccccc2)c1C(F)F. The van der Waals surface area contributed by atoms with Gasteiger partial charge in [0.05, 0.1) is 17.7 Å². The number of carbonyl (C=O) groups is 2. The first kappa shape index (κ1) is 19.6. The Hall–Kier alpha value is -2.77. The van der Waals surface area contributed by atoms with Crippen molar-refractivity contribution in [2.24, 2.45) is 5.92 Å². The number of benzene rings is 1. The number of alkyl halides is 2. The average molecular weight is 365 g/mol. The van der Waals surface area contributed by atoms with Crippen LogP contribution >= 0.6 is 0 Å². The van der Waals surface area contributed by atoms with Crippen molar-refractivity contribution in [1.82, 2.24) is 15.1 Å². The van der Waals surface area contributed by atoms with Crippen LogP contribution < -0.4 is 5.32 Å². The first-order valence-corrected chi connectivity index (χ1v) is 8.21. The molecule has 2 aromatic rings. The number of carboxylic acid groups (broad SMARTS) is 1. The van der Waals surface area contributed by atoms with Crippen LogP contribution in [0.5, 0.6) is 0 Å². The molecule has 1 aromatic heterocycles. The zero-order chi connectivity index (χ0) is 19.3. The lowest BCUT2D eigenvalue weighted by Gasteiger charge is -2.14. The highest BCUT2D eigenvalue weighted by atomic mass is 19.3. The molecule has 0 saturated carbocycles. The van der Waals surface area contributed by atoms with Crippen molar-refractivity contribution in [3.63, 3.8) is 0 Å². The van der Waals surface area contributed by atoms with Gasteiger partial charge in [-0.25, -0.2) is 8.78 Å². The monoisotopic (exact) mass is 365 g/mol. The maximum Gasteiger partial charge on any atom is 0.312 e. The van der Waals surface area contributed by atoms with Gasteiger partial charge in [-0.15, -0.1) is 0 Å². The Kier molecular flexibility index (Phi) is 6.43. The van der Waals surface area contributed by atoms with Gasteiger partial charge in [0.15, 0.2) is 0 Å². The van der Waals surface area contributed by atoms with Gasteiger partial charge < -0.3 is 10.4 Å². The van der Waals surface area contributed by atoms with Crippen LogP contribution in [0.3, 0.4) is 0 Å². The molecule has 0 fully saturated rings. The maximum atomic E-state index is 13.4. The number of hydrogen-bond donors (Lipinski definition) is 2. The van der Waals surface area contributed by atoms with Gasteiger partial charge in [0.1, 0.15) is 5.69 Å². The summed E-state index contributed by atoms with van der Waals surface area (Å²) in [5.74, 6) is -2.77. The summed E-state index contributed by atoms with van der Waals surface area (Å²) in [6, 6.07) is 8.40. The third-order valence-corrected chi connectivity index (χ3v) is 3.84. The van der Waals surface area contributed by atoms with Crippen LogP contribution in [0.2, 0.25) is 0 Å². The predicted molar refractivity (Wildman–Crippen MR) is 91.2 cm³/mol. The van der Waals surface area contributed by atoms with Crippen molar-refractivity contribution in [1.29, 1.82) is 0 Å². The van der Waals surface area contributed by atoms with Crippen molar-refractivity contribution in [3.05, 3.63) is 53.3 Å². The Bertz CT molecular complexity index is 760. The Morgan fingerprint density at radius 1 is 1.23 bits per heavy atom. The lowest BCUT2D eigenvalue weighted by Crippen LogP contribution is -2.32. The second-order valence-electron chi connectivity index (χ2n) is 6.33. The van der Waals surface area contributed by atoms with E-state index in [1.807, 2.05) is 13.8 Å². The Morgan fingerprint density at radius 2 is 1.88 bits per heavy atom. The van der Waals surface area contributed by atoms with Crippen molar-refractivity contribution >= 4 is 11.9 Å². The number of rotatable bonds is 8. The number of nitrogens with zero attached hydrogens (tertiary/aromatic N) is 2. The summed E-state index contributed by atoms with van der Waals surface area (Å²) in [6.07, 6.45) is -1.77. The first-order chi connectivity index (χ1) is 12.3. The minimum absolute atomic E-state index is 0.0813. The summed E-state index contributed by atoms with van der Waals surface area (Å²) >= 11 is 0. The van der Waals surface area contributed by atoms with Gasteiger partial charge in [-0.2, -0.15) is 5.10 Å². The Labute approximate surface area is 149 Å². The van der Waals surface area contributed by atoms with Crippen molar-refractivity contribution in [2.45, 2.75) is 32.7 Å². The molecular formula is C18H21F2N3O3. The molecule has 0 bridgehead atoms. The van der Waals surface area contributed by atoms with Crippen molar-refractivity contribution in [2.75, 3.05) is 6.54 Å². The standard InChI is InChI=1S/C18H21F2N3O3/c1-11(2)10-23-15(16(19)20)14(9-22-23)17(24)21-8-13(18(25)26)12-6-4-3-5-7-12/h3-7,9,11,13,16H,8,10H2,1-2H3,(H,21,24)(H,25,26). The second kappa shape index (κ2) is 8.55. The van der Waals surface area contributed by atoms with Crippen LogP contribution in [0, 0.1) is 5.92 Å². The molecule has 1 aromatic carbocycles. The maximum absolute atomic E-state index is 13.4. The van der Waals surface area contributed by atoms with Crippen molar-refractivity contribution in [3.8, 4) is 0 Å². The van der Waals surface area contributed by atoms with E-state index in [0.717, 1.165) is 10.9 Å². The molecule has 0 aliphatic heterocycles. The summed E-state index contributed by atoms with van der Waals surface area (Å²) in [6.45, 7) is 3.76. The van der Waals surface area contributed by atoms with Gasteiger partial charge in [0.2, 0.25) is 0 Å². The van der Waals surface area contributed by atoms with Crippen LogP contribution in [-0.4, -0.2) is 33.3 Å². The smallest absolute Gasteiger partial charge is 0.312 e. The third-order valence-electron chi connectivity index (χ3n) is 3.84. The molecule has 6 nitrogen and oxygen atoms in total. The molecule has 0 aliphatic carbocycles. The molecule has 2 rings (SSSR count). The molecule has 1 atom stereocenters. The normalized spacial score (nSPS) is 12.4.